The summed E-state index contributed by atoms with van der Waals surface area (Å²) in [6, 6.07) is 8.73. The van der Waals surface area contributed by atoms with Crippen molar-refractivity contribution in [3.8, 4) is 0 Å². The number of nitrogens with one attached hydrogen (secondary N) is 4. The van der Waals surface area contributed by atoms with Crippen LogP contribution in [0.3, 0.4) is 0 Å². The largest absolute Gasteiger partial charge is 0.369 e. The average Bonchev–Trinajstić information content (AvgIpc) is 3.13. The van der Waals surface area contributed by atoms with E-state index in [9.17, 15) is 4.79 Å². The van der Waals surface area contributed by atoms with E-state index < -0.39 is 0 Å². The van der Waals surface area contributed by atoms with Gasteiger partial charge in [-0.15, -0.1) is 0 Å². The third-order valence-electron chi connectivity index (χ3n) is 5.43. The highest BCUT2D eigenvalue weighted by Gasteiger charge is 2.34. The zero-order chi connectivity index (χ0) is 17.8. The van der Waals surface area contributed by atoms with Crippen LogP contribution in [-0.2, 0) is 4.79 Å². The molecule has 7 heteroatoms. The van der Waals surface area contributed by atoms with Gasteiger partial charge in [-0.05, 0) is 43.7 Å². The lowest BCUT2D eigenvalue weighted by atomic mass is 9.83. The van der Waals surface area contributed by atoms with Gasteiger partial charge in [-0.1, -0.05) is 12.1 Å². The number of benzene rings is 1. The minimum atomic E-state index is 0.147. The van der Waals surface area contributed by atoms with Gasteiger partial charge in [-0.2, -0.15) is 0 Å². The van der Waals surface area contributed by atoms with Crippen LogP contribution in [0.15, 0.2) is 30.6 Å². The highest BCUT2D eigenvalue weighted by atomic mass is 16.1. The molecule has 2 aliphatic rings. The highest BCUT2D eigenvalue weighted by molar-refractivity contribution is 5.88. The van der Waals surface area contributed by atoms with Gasteiger partial charge in [0.25, 0.3) is 0 Å². The number of fused-ring (bicyclic) bond motifs is 2. The molecule has 1 amide bonds. The van der Waals surface area contributed by atoms with E-state index in [1.807, 2.05) is 24.3 Å². The summed E-state index contributed by atoms with van der Waals surface area (Å²) in [6.07, 6.45) is 6.17. The summed E-state index contributed by atoms with van der Waals surface area (Å²) in [5.41, 5.74) is 7.47. The van der Waals surface area contributed by atoms with Gasteiger partial charge in [-0.25, -0.2) is 9.97 Å². The standard InChI is InChI=1S/C19H26N6O/c26-18(24-14-8-7-13-11-23-25-17(13)10-14)6-3-9-20-19-15-4-1-2-5-16(15)21-12-22-19/h1-2,4-5,12-14,17,23,25H,3,6-11H2,(H,24,26)(H,20,21,22). The van der Waals surface area contributed by atoms with Gasteiger partial charge < -0.3 is 10.6 Å². The second kappa shape index (κ2) is 7.97. The Hall–Kier alpha value is -2.25. The van der Waals surface area contributed by atoms with Gasteiger partial charge in [0.05, 0.1) is 5.52 Å². The van der Waals surface area contributed by atoms with Crippen LogP contribution >= 0.6 is 0 Å². The smallest absolute Gasteiger partial charge is 0.220 e. The van der Waals surface area contributed by atoms with Gasteiger partial charge in [0.1, 0.15) is 12.1 Å². The van der Waals surface area contributed by atoms with Crippen molar-refractivity contribution in [2.75, 3.05) is 18.4 Å². The van der Waals surface area contributed by atoms with Crippen LogP contribution in [0.2, 0.25) is 0 Å². The average molecular weight is 354 g/mol. The first kappa shape index (κ1) is 17.2. The number of carbonyl (C=O) groups excluding carboxylic acids is 1. The van der Waals surface area contributed by atoms with Crippen LogP contribution in [0.4, 0.5) is 5.82 Å². The van der Waals surface area contributed by atoms with Gasteiger partial charge in [-0.3, -0.25) is 15.6 Å². The van der Waals surface area contributed by atoms with E-state index in [0.29, 0.717) is 18.5 Å². The molecule has 1 aromatic carbocycles. The third kappa shape index (κ3) is 3.94. The molecule has 0 bridgehead atoms. The predicted octanol–water partition coefficient (Wildman–Crippen LogP) is 1.58. The Bertz CT molecular complexity index is 761. The molecule has 0 spiro atoms. The summed E-state index contributed by atoms with van der Waals surface area (Å²) in [5, 5.41) is 7.54. The first-order valence-electron chi connectivity index (χ1n) is 9.51. The summed E-state index contributed by atoms with van der Waals surface area (Å²) in [6.45, 7) is 1.77. The normalized spacial score (nSPS) is 25.0. The maximum Gasteiger partial charge on any atom is 0.220 e. The molecular formula is C19H26N6O. The minimum absolute atomic E-state index is 0.147. The molecule has 0 radical (unpaired) electrons. The number of nitrogens with zero attached hydrogens (tertiary/aromatic N) is 2. The summed E-state index contributed by atoms with van der Waals surface area (Å²) in [7, 11) is 0. The predicted molar refractivity (Wildman–Crippen MR) is 101 cm³/mol. The Labute approximate surface area is 153 Å². The fraction of sp³-hybridized carbons (Fsp3) is 0.526. The fourth-order valence-corrected chi connectivity index (χ4v) is 4.01. The Morgan fingerprint density at radius 3 is 3.12 bits per heavy atom. The van der Waals surface area contributed by atoms with Gasteiger partial charge in [0.15, 0.2) is 0 Å². The Morgan fingerprint density at radius 1 is 1.23 bits per heavy atom. The van der Waals surface area contributed by atoms with Crippen LogP contribution < -0.4 is 21.5 Å². The number of hydrogen-bond donors (Lipinski definition) is 4. The number of hydrazine groups is 1. The minimum Gasteiger partial charge on any atom is -0.369 e. The number of carbonyl (C=O) groups is 1. The topological polar surface area (TPSA) is 91.0 Å². The quantitative estimate of drug-likeness (QED) is 0.589. The van der Waals surface area contributed by atoms with E-state index in [2.05, 4.69) is 31.5 Å². The maximum absolute atomic E-state index is 12.2. The molecular weight excluding hydrogens is 328 g/mol. The van der Waals surface area contributed by atoms with Gasteiger partial charge in [0.2, 0.25) is 5.91 Å². The van der Waals surface area contributed by atoms with Gasteiger partial charge in [0, 0.05) is 37.0 Å². The number of aromatic nitrogens is 2. The lowest BCUT2D eigenvalue weighted by molar-refractivity contribution is -0.122. The van der Waals surface area contributed by atoms with Crippen LogP contribution in [0.1, 0.15) is 32.1 Å². The second-order valence-corrected chi connectivity index (χ2v) is 7.24. The van der Waals surface area contributed by atoms with Crippen molar-refractivity contribution in [1.29, 1.82) is 0 Å². The van der Waals surface area contributed by atoms with Crippen molar-refractivity contribution in [1.82, 2.24) is 26.1 Å². The number of hydrogen-bond acceptors (Lipinski definition) is 6. The molecule has 26 heavy (non-hydrogen) atoms. The molecule has 2 aromatic rings. The molecule has 3 atom stereocenters. The van der Waals surface area contributed by atoms with E-state index in [0.717, 1.165) is 55.0 Å². The molecule has 1 aliphatic heterocycles. The Balaban J connectivity index is 1.20. The number of rotatable bonds is 6. The summed E-state index contributed by atoms with van der Waals surface area (Å²) in [5.74, 6) is 1.69. The summed E-state index contributed by atoms with van der Waals surface area (Å²) < 4.78 is 0. The lowest BCUT2D eigenvalue weighted by Gasteiger charge is -2.31. The molecule has 1 aliphatic carbocycles. The first-order chi connectivity index (χ1) is 12.8. The van der Waals surface area contributed by atoms with Gasteiger partial charge >= 0.3 is 0 Å². The summed E-state index contributed by atoms with van der Waals surface area (Å²) >= 11 is 0. The van der Waals surface area contributed by atoms with E-state index >= 15 is 0 Å². The van der Waals surface area contributed by atoms with Crippen LogP contribution in [0, 0.1) is 5.92 Å². The van der Waals surface area contributed by atoms with Crippen LogP contribution in [0.5, 0.6) is 0 Å². The van der Waals surface area contributed by atoms with Crippen molar-refractivity contribution < 1.29 is 4.79 Å². The van der Waals surface area contributed by atoms with Crippen molar-refractivity contribution >= 4 is 22.6 Å². The van der Waals surface area contributed by atoms with E-state index in [4.69, 9.17) is 0 Å². The number of amides is 1. The van der Waals surface area contributed by atoms with Crippen molar-refractivity contribution in [2.24, 2.45) is 5.92 Å². The van der Waals surface area contributed by atoms with Crippen LogP contribution in [-0.4, -0.2) is 41.0 Å². The zero-order valence-corrected chi connectivity index (χ0v) is 14.9. The van der Waals surface area contributed by atoms with E-state index in [-0.39, 0.29) is 5.91 Å². The SMILES string of the molecule is O=C(CCCNc1ncnc2ccccc12)NC1CCC2CNNC2C1. The lowest BCUT2D eigenvalue weighted by Crippen LogP contribution is -2.45. The monoisotopic (exact) mass is 354 g/mol. The zero-order valence-electron chi connectivity index (χ0n) is 14.9. The number of anilines is 1. The highest BCUT2D eigenvalue weighted by Crippen LogP contribution is 2.26. The molecule has 4 N–H and O–H groups in total. The molecule has 4 rings (SSSR count). The molecule has 1 saturated heterocycles. The Morgan fingerprint density at radius 2 is 2.15 bits per heavy atom. The Kier molecular flexibility index (Phi) is 5.26. The molecule has 2 heterocycles. The molecule has 1 aromatic heterocycles. The molecule has 138 valence electrons. The molecule has 7 nitrogen and oxygen atoms in total. The molecule has 3 unspecified atom stereocenters. The van der Waals surface area contributed by atoms with E-state index in [1.54, 1.807) is 6.33 Å². The maximum atomic E-state index is 12.2. The van der Waals surface area contributed by atoms with Crippen LogP contribution in [0.25, 0.3) is 10.9 Å². The molecule has 2 fully saturated rings. The fourth-order valence-electron chi connectivity index (χ4n) is 4.01. The van der Waals surface area contributed by atoms with Crippen molar-refractivity contribution in [3.05, 3.63) is 30.6 Å². The first-order valence-corrected chi connectivity index (χ1v) is 9.51. The third-order valence-corrected chi connectivity index (χ3v) is 5.43. The molecule has 1 saturated carbocycles. The van der Waals surface area contributed by atoms with E-state index in [1.165, 1.54) is 6.42 Å². The summed E-state index contributed by atoms with van der Waals surface area (Å²) in [4.78, 5) is 20.8. The number of para-hydroxylation sites is 1. The second-order valence-electron chi connectivity index (χ2n) is 7.24. The van der Waals surface area contributed by atoms with Crippen molar-refractivity contribution in [3.63, 3.8) is 0 Å². The van der Waals surface area contributed by atoms with Crippen molar-refractivity contribution in [2.45, 2.75) is 44.2 Å².